The molecule has 1 atom stereocenters. The number of carbonyl (C=O) groups excluding carboxylic acids is 1. The third-order valence-corrected chi connectivity index (χ3v) is 3.23. The molecule has 0 aromatic carbocycles. The minimum absolute atomic E-state index is 0.0249. The van der Waals surface area contributed by atoms with Gasteiger partial charge in [0.2, 0.25) is 5.91 Å². The summed E-state index contributed by atoms with van der Waals surface area (Å²) in [6.45, 7) is 4.07. The van der Waals surface area contributed by atoms with Crippen LogP contribution in [-0.2, 0) is 4.79 Å². The largest absolute Gasteiger partial charge is 0.352 e. The molecule has 1 amide bonds. The van der Waals surface area contributed by atoms with Gasteiger partial charge in [0.25, 0.3) is 0 Å². The highest BCUT2D eigenvalue weighted by Gasteiger charge is 2.27. The van der Waals surface area contributed by atoms with Crippen LogP contribution in [0.4, 0.5) is 0 Å². The van der Waals surface area contributed by atoms with Crippen molar-refractivity contribution in [2.24, 2.45) is 5.92 Å². The van der Waals surface area contributed by atoms with E-state index in [2.05, 4.69) is 21.2 Å². The highest BCUT2D eigenvalue weighted by atomic mass is 79.9. The minimum atomic E-state index is -0.0249. The van der Waals surface area contributed by atoms with Gasteiger partial charge in [-0.3, -0.25) is 4.79 Å². The molecule has 0 spiro atoms. The Hall–Kier alpha value is -0.0500. The summed E-state index contributed by atoms with van der Waals surface area (Å²) in [7, 11) is 0. The van der Waals surface area contributed by atoms with Crippen LogP contribution < -0.4 is 5.32 Å². The Labute approximate surface area is 75.9 Å². The van der Waals surface area contributed by atoms with Crippen LogP contribution >= 0.6 is 15.9 Å². The molecule has 1 saturated carbocycles. The Morgan fingerprint density at radius 1 is 1.55 bits per heavy atom. The quantitative estimate of drug-likeness (QED) is 0.720. The number of amides is 1. The predicted octanol–water partition coefficient (Wildman–Crippen LogP) is 1.68. The van der Waals surface area contributed by atoms with E-state index >= 15 is 0 Å². The molecule has 11 heavy (non-hydrogen) atoms. The van der Waals surface area contributed by atoms with Crippen molar-refractivity contribution in [3.8, 4) is 0 Å². The van der Waals surface area contributed by atoms with Crippen molar-refractivity contribution >= 4 is 21.8 Å². The summed E-state index contributed by atoms with van der Waals surface area (Å²) in [4.78, 5) is 11.3. The average Bonchev–Trinajstić information content (AvgIpc) is 2.69. The highest BCUT2D eigenvalue weighted by Crippen LogP contribution is 2.20. The lowest BCUT2D eigenvalue weighted by atomic mass is 10.1. The fraction of sp³-hybridized carbons (Fsp3) is 0.875. The summed E-state index contributed by atoms with van der Waals surface area (Å²) < 4.78 is 0. The lowest BCUT2D eigenvalue weighted by molar-refractivity contribution is -0.121. The molecule has 0 saturated heterocycles. The molecule has 1 aliphatic rings. The van der Waals surface area contributed by atoms with Gasteiger partial charge in [0.05, 0.1) is 4.83 Å². The van der Waals surface area contributed by atoms with Gasteiger partial charge in [-0.25, -0.2) is 0 Å². The van der Waals surface area contributed by atoms with Gasteiger partial charge in [-0.2, -0.15) is 0 Å². The Kier molecular flexibility index (Phi) is 2.93. The lowest BCUT2D eigenvalue weighted by Gasteiger charge is -2.12. The summed E-state index contributed by atoms with van der Waals surface area (Å²) in [5.41, 5.74) is 0. The molecule has 0 radical (unpaired) electrons. The minimum Gasteiger partial charge on any atom is -0.352 e. The monoisotopic (exact) mass is 219 g/mol. The maximum absolute atomic E-state index is 11.3. The first kappa shape index (κ1) is 9.04. The van der Waals surface area contributed by atoms with Gasteiger partial charge in [0.1, 0.15) is 0 Å². The van der Waals surface area contributed by atoms with Crippen molar-refractivity contribution in [1.29, 1.82) is 0 Å². The Morgan fingerprint density at radius 2 is 2.09 bits per heavy atom. The lowest BCUT2D eigenvalue weighted by Crippen LogP contribution is -2.35. The second-order valence-corrected chi connectivity index (χ2v) is 4.42. The number of carbonyl (C=O) groups is 1. The zero-order valence-corrected chi connectivity index (χ0v) is 8.52. The van der Waals surface area contributed by atoms with Crippen molar-refractivity contribution in [3.63, 3.8) is 0 Å². The van der Waals surface area contributed by atoms with E-state index in [9.17, 15) is 4.79 Å². The van der Waals surface area contributed by atoms with Crippen molar-refractivity contribution in [2.45, 2.75) is 37.6 Å². The van der Waals surface area contributed by atoms with E-state index in [4.69, 9.17) is 0 Å². The van der Waals surface area contributed by atoms with Crippen LogP contribution in [-0.4, -0.2) is 16.8 Å². The summed E-state index contributed by atoms with van der Waals surface area (Å²) in [6, 6.07) is 0.473. The zero-order valence-electron chi connectivity index (χ0n) is 6.93. The van der Waals surface area contributed by atoms with Crippen LogP contribution in [0.25, 0.3) is 0 Å². The molecular formula is C8H14BrNO. The Bertz CT molecular complexity index is 154. The number of nitrogens with one attached hydrogen (secondary N) is 1. The third kappa shape index (κ3) is 2.81. The second-order valence-electron chi connectivity index (χ2n) is 3.43. The maximum Gasteiger partial charge on any atom is 0.234 e. The van der Waals surface area contributed by atoms with Gasteiger partial charge in [-0.05, 0) is 18.8 Å². The van der Waals surface area contributed by atoms with Crippen molar-refractivity contribution in [2.75, 3.05) is 0 Å². The van der Waals surface area contributed by atoms with Gasteiger partial charge < -0.3 is 5.32 Å². The van der Waals surface area contributed by atoms with Crippen LogP contribution in [0.5, 0.6) is 0 Å². The number of hydrogen-bond acceptors (Lipinski definition) is 1. The topological polar surface area (TPSA) is 29.1 Å². The fourth-order valence-corrected chi connectivity index (χ4v) is 0.943. The summed E-state index contributed by atoms with van der Waals surface area (Å²) in [6.07, 6.45) is 2.31. The van der Waals surface area contributed by atoms with Crippen LogP contribution in [0.1, 0.15) is 26.7 Å². The van der Waals surface area contributed by atoms with Gasteiger partial charge in [0, 0.05) is 6.04 Å². The van der Waals surface area contributed by atoms with E-state index in [1.54, 1.807) is 0 Å². The van der Waals surface area contributed by atoms with E-state index in [-0.39, 0.29) is 10.7 Å². The molecule has 1 N–H and O–H groups in total. The second kappa shape index (κ2) is 3.57. The van der Waals surface area contributed by atoms with Crippen LogP contribution in [0.3, 0.4) is 0 Å². The fourth-order valence-electron chi connectivity index (χ4n) is 0.811. The Morgan fingerprint density at radius 3 is 2.45 bits per heavy atom. The molecule has 0 aromatic rings. The van der Waals surface area contributed by atoms with Crippen LogP contribution in [0, 0.1) is 5.92 Å². The van der Waals surface area contributed by atoms with Gasteiger partial charge in [-0.15, -0.1) is 0 Å². The van der Waals surface area contributed by atoms with E-state index in [1.807, 2.05) is 13.8 Å². The van der Waals surface area contributed by atoms with Crippen molar-refractivity contribution in [3.05, 3.63) is 0 Å². The number of rotatable bonds is 3. The molecule has 2 nitrogen and oxygen atoms in total. The normalized spacial score (nSPS) is 20.0. The first-order chi connectivity index (χ1) is 5.11. The molecule has 0 heterocycles. The summed E-state index contributed by atoms with van der Waals surface area (Å²) in [5, 5.41) is 2.95. The molecule has 1 unspecified atom stereocenters. The van der Waals surface area contributed by atoms with E-state index in [0.29, 0.717) is 12.0 Å². The smallest absolute Gasteiger partial charge is 0.234 e. The molecule has 0 aromatic heterocycles. The number of alkyl halides is 1. The molecule has 64 valence electrons. The molecule has 1 aliphatic carbocycles. The summed E-state index contributed by atoms with van der Waals surface area (Å²) >= 11 is 3.35. The molecule has 0 aliphatic heterocycles. The van der Waals surface area contributed by atoms with Gasteiger partial charge in [0.15, 0.2) is 0 Å². The molecule has 1 fully saturated rings. The predicted molar refractivity (Wildman–Crippen MR) is 48.7 cm³/mol. The molecular weight excluding hydrogens is 206 g/mol. The van der Waals surface area contributed by atoms with Crippen molar-refractivity contribution < 1.29 is 4.79 Å². The molecule has 3 heteroatoms. The van der Waals surface area contributed by atoms with Gasteiger partial charge >= 0.3 is 0 Å². The maximum atomic E-state index is 11.3. The zero-order chi connectivity index (χ0) is 8.43. The molecule has 0 bridgehead atoms. The average molecular weight is 220 g/mol. The van der Waals surface area contributed by atoms with Crippen LogP contribution in [0.15, 0.2) is 0 Å². The SMILES string of the molecule is CC(C)C(Br)C(=O)NC1CC1. The van der Waals surface area contributed by atoms with E-state index in [0.717, 1.165) is 12.8 Å². The van der Waals surface area contributed by atoms with Gasteiger partial charge in [-0.1, -0.05) is 29.8 Å². The van der Waals surface area contributed by atoms with Crippen LogP contribution in [0.2, 0.25) is 0 Å². The Balaban J connectivity index is 2.26. The summed E-state index contributed by atoms with van der Waals surface area (Å²) in [5.74, 6) is 0.510. The van der Waals surface area contributed by atoms with E-state index in [1.165, 1.54) is 0 Å². The molecule has 1 rings (SSSR count). The van der Waals surface area contributed by atoms with E-state index < -0.39 is 0 Å². The van der Waals surface area contributed by atoms with Crippen molar-refractivity contribution in [1.82, 2.24) is 5.32 Å². The first-order valence-electron chi connectivity index (χ1n) is 4.05. The third-order valence-electron chi connectivity index (χ3n) is 1.76. The highest BCUT2D eigenvalue weighted by molar-refractivity contribution is 9.10. The number of halogens is 1. The number of hydrogen-bond donors (Lipinski definition) is 1. The standard InChI is InChI=1S/C8H14BrNO/c1-5(2)7(9)8(11)10-6-3-4-6/h5-7H,3-4H2,1-2H3,(H,10,11). The first-order valence-corrected chi connectivity index (χ1v) is 4.97.